The number of hydrogen-bond acceptors (Lipinski definition) is 5. The van der Waals surface area contributed by atoms with E-state index in [0.29, 0.717) is 29.7 Å². The number of carbonyl (C=O) groups is 3. The van der Waals surface area contributed by atoms with Crippen LogP contribution in [0.15, 0.2) is 42.5 Å². The lowest BCUT2D eigenvalue weighted by Gasteiger charge is -2.22. The average Bonchev–Trinajstić information content (AvgIpc) is 3.17. The molecule has 7 nitrogen and oxygen atoms in total. The predicted octanol–water partition coefficient (Wildman–Crippen LogP) is 1.94. The number of nitrogens with two attached hydrogens (primary N) is 1. The lowest BCUT2D eigenvalue weighted by molar-refractivity contribution is -0.121. The Balaban J connectivity index is 1.91. The Morgan fingerprint density at radius 3 is 2.59 bits per heavy atom. The van der Waals surface area contributed by atoms with E-state index in [9.17, 15) is 19.5 Å². The molecule has 1 aliphatic heterocycles. The van der Waals surface area contributed by atoms with E-state index in [2.05, 4.69) is 4.74 Å². The van der Waals surface area contributed by atoms with Gasteiger partial charge in [0.1, 0.15) is 11.8 Å². The van der Waals surface area contributed by atoms with Crippen LogP contribution < -0.4 is 5.73 Å². The second-order valence-electron chi connectivity index (χ2n) is 6.36. The second-order valence-corrected chi connectivity index (χ2v) is 6.36. The smallest absolute Gasteiger partial charge is 0.337 e. The molecule has 7 heteroatoms. The third-order valence-electron chi connectivity index (χ3n) is 4.68. The first-order chi connectivity index (χ1) is 12.9. The number of methoxy groups -OCH3 is 1. The quantitative estimate of drug-likeness (QED) is 0.802. The molecule has 0 saturated carbocycles. The molecule has 2 aromatic rings. The third-order valence-corrected chi connectivity index (χ3v) is 4.68. The first kappa shape index (κ1) is 18.4. The van der Waals surface area contributed by atoms with E-state index in [1.165, 1.54) is 18.1 Å². The number of amides is 2. The Bertz CT molecular complexity index is 909. The van der Waals surface area contributed by atoms with Gasteiger partial charge < -0.3 is 20.5 Å². The molecule has 1 fully saturated rings. The number of benzene rings is 2. The van der Waals surface area contributed by atoms with Crippen LogP contribution in [-0.4, -0.2) is 47.5 Å². The summed E-state index contributed by atoms with van der Waals surface area (Å²) in [6, 6.07) is 10.6. The highest BCUT2D eigenvalue weighted by Gasteiger charge is 2.33. The summed E-state index contributed by atoms with van der Waals surface area (Å²) >= 11 is 0. The van der Waals surface area contributed by atoms with Crippen molar-refractivity contribution in [1.29, 1.82) is 0 Å². The molecule has 2 aromatic carbocycles. The zero-order chi connectivity index (χ0) is 19.6. The fraction of sp³-hybridized carbons (Fsp3) is 0.250. The van der Waals surface area contributed by atoms with Crippen molar-refractivity contribution in [2.75, 3.05) is 13.7 Å². The summed E-state index contributed by atoms with van der Waals surface area (Å²) in [5, 5.41) is 10.3. The summed E-state index contributed by atoms with van der Waals surface area (Å²) in [5.74, 6) is -1.43. The fourth-order valence-corrected chi connectivity index (χ4v) is 3.31. The Kier molecular flexibility index (Phi) is 5.12. The number of likely N-dealkylation sites (tertiary alicyclic amines) is 1. The van der Waals surface area contributed by atoms with Gasteiger partial charge in [-0.05, 0) is 48.7 Å². The van der Waals surface area contributed by atoms with Crippen LogP contribution in [0, 0.1) is 0 Å². The number of aromatic hydroxyl groups is 1. The molecular weight excluding hydrogens is 348 g/mol. The lowest BCUT2D eigenvalue weighted by Crippen LogP contribution is -2.43. The van der Waals surface area contributed by atoms with Gasteiger partial charge in [-0.25, -0.2) is 4.79 Å². The first-order valence-corrected chi connectivity index (χ1v) is 8.54. The second kappa shape index (κ2) is 7.49. The van der Waals surface area contributed by atoms with E-state index in [0.717, 1.165) is 6.42 Å². The van der Waals surface area contributed by atoms with Gasteiger partial charge in [-0.1, -0.05) is 12.1 Å². The molecule has 2 amide bonds. The van der Waals surface area contributed by atoms with Crippen molar-refractivity contribution in [3.05, 3.63) is 53.6 Å². The van der Waals surface area contributed by atoms with Gasteiger partial charge >= 0.3 is 5.97 Å². The number of carbonyl (C=O) groups excluding carboxylic acids is 3. The van der Waals surface area contributed by atoms with Gasteiger partial charge in [-0.15, -0.1) is 0 Å². The molecular formula is C20H20N2O5. The van der Waals surface area contributed by atoms with E-state index in [4.69, 9.17) is 5.73 Å². The van der Waals surface area contributed by atoms with Crippen LogP contribution in [0.25, 0.3) is 11.1 Å². The van der Waals surface area contributed by atoms with E-state index in [-0.39, 0.29) is 17.2 Å². The number of hydrogen-bond donors (Lipinski definition) is 2. The number of phenolic OH excluding ortho intramolecular Hbond substituents is 1. The highest BCUT2D eigenvalue weighted by molar-refractivity contribution is 5.99. The molecule has 3 N–H and O–H groups in total. The van der Waals surface area contributed by atoms with Crippen molar-refractivity contribution < 1.29 is 24.2 Å². The summed E-state index contributed by atoms with van der Waals surface area (Å²) in [4.78, 5) is 37.4. The molecule has 0 bridgehead atoms. The Morgan fingerprint density at radius 1 is 1.15 bits per heavy atom. The first-order valence-electron chi connectivity index (χ1n) is 8.54. The van der Waals surface area contributed by atoms with Gasteiger partial charge in [-0.3, -0.25) is 9.59 Å². The van der Waals surface area contributed by atoms with Crippen LogP contribution in [0.4, 0.5) is 0 Å². The maximum atomic E-state index is 12.8. The summed E-state index contributed by atoms with van der Waals surface area (Å²) in [6.07, 6.45) is 1.30. The van der Waals surface area contributed by atoms with E-state index in [1.807, 2.05) is 0 Å². The Labute approximate surface area is 156 Å². The van der Waals surface area contributed by atoms with E-state index >= 15 is 0 Å². The van der Waals surface area contributed by atoms with Crippen molar-refractivity contribution in [2.24, 2.45) is 5.73 Å². The molecule has 1 heterocycles. The highest BCUT2D eigenvalue weighted by Crippen LogP contribution is 2.31. The third kappa shape index (κ3) is 3.62. The van der Waals surface area contributed by atoms with Crippen LogP contribution in [0.5, 0.6) is 5.75 Å². The summed E-state index contributed by atoms with van der Waals surface area (Å²) in [7, 11) is 1.26. The lowest BCUT2D eigenvalue weighted by atomic mass is 10.00. The number of esters is 1. The largest absolute Gasteiger partial charge is 0.507 e. The van der Waals surface area contributed by atoms with Crippen LogP contribution in [0.1, 0.15) is 33.6 Å². The maximum absolute atomic E-state index is 12.8. The van der Waals surface area contributed by atoms with Crippen molar-refractivity contribution in [2.45, 2.75) is 18.9 Å². The van der Waals surface area contributed by atoms with Gasteiger partial charge in [0.2, 0.25) is 5.91 Å². The molecule has 27 heavy (non-hydrogen) atoms. The molecule has 0 aromatic heterocycles. The van der Waals surface area contributed by atoms with Crippen LogP contribution in [0.3, 0.4) is 0 Å². The monoisotopic (exact) mass is 368 g/mol. The number of rotatable bonds is 4. The van der Waals surface area contributed by atoms with E-state index in [1.54, 1.807) is 36.4 Å². The van der Waals surface area contributed by atoms with Gasteiger partial charge in [-0.2, -0.15) is 0 Å². The highest BCUT2D eigenvalue weighted by atomic mass is 16.5. The fourth-order valence-electron chi connectivity index (χ4n) is 3.31. The van der Waals surface area contributed by atoms with Crippen molar-refractivity contribution in [3.8, 4) is 16.9 Å². The van der Waals surface area contributed by atoms with Crippen LogP contribution in [-0.2, 0) is 9.53 Å². The van der Waals surface area contributed by atoms with Crippen molar-refractivity contribution in [3.63, 3.8) is 0 Å². The average molecular weight is 368 g/mol. The molecule has 1 aliphatic rings. The molecule has 140 valence electrons. The SMILES string of the molecule is COC(=O)c1ccc(-c2cccc(C(=O)N3CCC[C@H]3C(N)=O)c2)c(O)c1. The normalized spacial score (nSPS) is 16.2. The maximum Gasteiger partial charge on any atom is 0.337 e. The molecule has 1 atom stereocenters. The minimum Gasteiger partial charge on any atom is -0.507 e. The number of ether oxygens (including phenoxy) is 1. The Morgan fingerprint density at radius 2 is 1.93 bits per heavy atom. The van der Waals surface area contributed by atoms with Crippen molar-refractivity contribution >= 4 is 17.8 Å². The standard InChI is InChI=1S/C20H20N2O5/c1-27-20(26)14-7-8-15(17(23)11-14)12-4-2-5-13(10-12)19(25)22-9-3-6-16(22)18(21)24/h2,4-5,7-8,10-11,16,23H,3,6,9H2,1H3,(H2,21,24)/t16-/m0/s1. The van der Waals surface area contributed by atoms with Crippen LogP contribution >= 0.6 is 0 Å². The summed E-state index contributed by atoms with van der Waals surface area (Å²) in [5.41, 5.74) is 7.11. The molecule has 0 spiro atoms. The molecule has 0 unspecified atom stereocenters. The summed E-state index contributed by atoms with van der Waals surface area (Å²) in [6.45, 7) is 0.482. The zero-order valence-corrected chi connectivity index (χ0v) is 14.8. The number of phenols is 1. The van der Waals surface area contributed by atoms with Gasteiger partial charge in [0.05, 0.1) is 12.7 Å². The predicted molar refractivity (Wildman–Crippen MR) is 98.1 cm³/mol. The Hall–Kier alpha value is -3.35. The zero-order valence-electron chi connectivity index (χ0n) is 14.8. The van der Waals surface area contributed by atoms with Crippen molar-refractivity contribution in [1.82, 2.24) is 4.90 Å². The van der Waals surface area contributed by atoms with Gasteiger partial charge in [0, 0.05) is 17.7 Å². The number of nitrogens with zero attached hydrogens (tertiary/aromatic N) is 1. The summed E-state index contributed by atoms with van der Waals surface area (Å²) < 4.78 is 4.64. The van der Waals surface area contributed by atoms with Crippen LogP contribution in [0.2, 0.25) is 0 Å². The topological polar surface area (TPSA) is 110 Å². The van der Waals surface area contributed by atoms with E-state index < -0.39 is 17.9 Å². The molecule has 0 aliphatic carbocycles. The minimum atomic E-state index is -0.589. The number of primary amides is 1. The van der Waals surface area contributed by atoms with Gasteiger partial charge in [0.15, 0.2) is 0 Å². The van der Waals surface area contributed by atoms with Gasteiger partial charge in [0.25, 0.3) is 5.91 Å². The molecule has 3 rings (SSSR count). The molecule has 0 radical (unpaired) electrons. The molecule has 1 saturated heterocycles. The minimum absolute atomic E-state index is 0.0984.